The number of fused-ring (bicyclic) bond motifs is 1. The molecule has 0 atom stereocenters. The molecule has 8 nitrogen and oxygen atoms in total. The molecule has 0 saturated heterocycles. The van der Waals surface area contributed by atoms with Crippen molar-refractivity contribution in [3.8, 4) is 0 Å². The van der Waals surface area contributed by atoms with E-state index in [1.54, 1.807) is 18.2 Å². The minimum atomic E-state index is -3.56. The van der Waals surface area contributed by atoms with Crippen LogP contribution in [0.5, 0.6) is 0 Å². The predicted molar refractivity (Wildman–Crippen MR) is 98.4 cm³/mol. The Bertz CT molecular complexity index is 1120. The lowest BCUT2D eigenvalue weighted by atomic mass is 10.2. The molecule has 0 bridgehead atoms. The molecule has 0 fully saturated rings. The first kappa shape index (κ1) is 18.0. The van der Waals surface area contributed by atoms with Crippen LogP contribution in [-0.2, 0) is 9.84 Å². The number of nitrogens with zero attached hydrogens (tertiary/aromatic N) is 2. The molecule has 134 valence electrons. The largest absolute Gasteiger partial charge is 0.298 e. The first-order valence-corrected chi connectivity index (χ1v) is 9.97. The van der Waals surface area contributed by atoms with Gasteiger partial charge in [-0.1, -0.05) is 30.4 Å². The van der Waals surface area contributed by atoms with Crippen molar-refractivity contribution in [2.24, 2.45) is 0 Å². The number of aromatic nitrogens is 1. The molecular weight excluding hydrogens is 378 g/mol. The van der Waals surface area contributed by atoms with Crippen LogP contribution >= 0.6 is 11.3 Å². The van der Waals surface area contributed by atoms with Gasteiger partial charge in [0, 0.05) is 12.1 Å². The molecule has 3 rings (SSSR count). The van der Waals surface area contributed by atoms with Crippen molar-refractivity contribution >= 4 is 48.1 Å². The van der Waals surface area contributed by atoms with Gasteiger partial charge in [-0.15, -0.1) is 0 Å². The molecule has 0 saturated carbocycles. The summed E-state index contributed by atoms with van der Waals surface area (Å²) in [5.41, 5.74) is 0.314. The number of hydrogen-bond acceptors (Lipinski definition) is 7. The molecule has 0 unspecified atom stereocenters. The first-order valence-electron chi connectivity index (χ1n) is 7.50. The number of thiazole rings is 1. The Morgan fingerprint density at radius 1 is 1.27 bits per heavy atom. The van der Waals surface area contributed by atoms with Crippen molar-refractivity contribution in [1.29, 1.82) is 0 Å². The number of anilines is 1. The first-order chi connectivity index (χ1) is 12.3. The van der Waals surface area contributed by atoms with Gasteiger partial charge < -0.3 is 0 Å². The number of sulfone groups is 1. The summed E-state index contributed by atoms with van der Waals surface area (Å²) in [5, 5.41) is 13.6. The molecule has 26 heavy (non-hydrogen) atoms. The molecular formula is C16H13N3O5S2. The number of nitrogens with one attached hydrogen (secondary N) is 1. The highest BCUT2D eigenvalue weighted by atomic mass is 32.2. The number of rotatable bonds is 5. The summed E-state index contributed by atoms with van der Waals surface area (Å²) in [6, 6.07) is 10.2. The molecule has 2 aromatic carbocycles. The third kappa shape index (κ3) is 3.41. The molecule has 1 N–H and O–H groups in total. The fourth-order valence-electron chi connectivity index (χ4n) is 2.33. The normalized spacial score (nSPS) is 11.4. The van der Waals surface area contributed by atoms with E-state index in [4.69, 9.17) is 0 Å². The third-order valence-corrected chi connectivity index (χ3v) is 6.39. The second-order valence-electron chi connectivity index (χ2n) is 5.28. The smallest absolute Gasteiger partial charge is 0.271 e. The van der Waals surface area contributed by atoms with Crippen LogP contribution in [0, 0.1) is 10.1 Å². The lowest BCUT2D eigenvalue weighted by Gasteiger charge is -2.08. The van der Waals surface area contributed by atoms with Crippen LogP contribution in [0.15, 0.2) is 47.4 Å². The van der Waals surface area contributed by atoms with Gasteiger partial charge in [0.2, 0.25) is 0 Å². The number of carbonyl (C=O) groups excluding carboxylic acids is 1. The number of non-ortho nitro benzene ring substituents is 1. The van der Waals surface area contributed by atoms with Crippen LogP contribution in [-0.4, -0.2) is 30.0 Å². The van der Waals surface area contributed by atoms with Crippen molar-refractivity contribution < 1.29 is 18.1 Å². The second kappa shape index (κ2) is 6.81. The number of benzene rings is 2. The highest BCUT2D eigenvalue weighted by molar-refractivity contribution is 7.91. The van der Waals surface area contributed by atoms with Crippen molar-refractivity contribution in [2.75, 3.05) is 11.1 Å². The van der Waals surface area contributed by atoms with E-state index in [1.165, 1.54) is 31.2 Å². The van der Waals surface area contributed by atoms with E-state index in [0.717, 1.165) is 11.3 Å². The van der Waals surface area contributed by atoms with E-state index < -0.39 is 20.7 Å². The number of nitro groups is 1. The molecule has 1 heterocycles. The summed E-state index contributed by atoms with van der Waals surface area (Å²) in [6.07, 6.45) is 0. The third-order valence-electron chi connectivity index (χ3n) is 3.65. The van der Waals surface area contributed by atoms with Gasteiger partial charge in [0.15, 0.2) is 15.0 Å². The van der Waals surface area contributed by atoms with Crippen molar-refractivity contribution in [2.45, 2.75) is 11.8 Å². The summed E-state index contributed by atoms with van der Waals surface area (Å²) >= 11 is 1.14. The summed E-state index contributed by atoms with van der Waals surface area (Å²) < 4.78 is 25.0. The van der Waals surface area contributed by atoms with Gasteiger partial charge in [-0.25, -0.2) is 13.4 Å². The van der Waals surface area contributed by atoms with Crippen LogP contribution in [0.1, 0.15) is 17.3 Å². The van der Waals surface area contributed by atoms with Gasteiger partial charge >= 0.3 is 0 Å². The Morgan fingerprint density at radius 3 is 2.69 bits per heavy atom. The quantitative estimate of drug-likeness (QED) is 0.527. The Kier molecular flexibility index (Phi) is 4.70. The summed E-state index contributed by atoms with van der Waals surface area (Å²) in [5.74, 6) is -0.728. The maximum atomic E-state index is 12.5. The van der Waals surface area contributed by atoms with Gasteiger partial charge in [-0.05, 0) is 18.2 Å². The van der Waals surface area contributed by atoms with Gasteiger partial charge in [0.1, 0.15) is 0 Å². The van der Waals surface area contributed by atoms with E-state index in [-0.39, 0.29) is 27.0 Å². The SMILES string of the molecule is CCS(=O)(=O)c1ccccc1C(=O)Nc1nc2cc([N+](=O)[O-])ccc2s1. The number of nitro benzene ring substituents is 1. The molecule has 3 aromatic rings. The molecule has 0 aliphatic heterocycles. The zero-order valence-electron chi connectivity index (χ0n) is 13.5. The van der Waals surface area contributed by atoms with E-state index in [9.17, 15) is 23.3 Å². The predicted octanol–water partition coefficient (Wildman–Crippen LogP) is 3.25. The standard InChI is InChI=1S/C16H13N3O5S2/c1-2-26(23,24)14-6-4-3-5-11(14)15(20)18-16-17-12-9-10(19(21)22)7-8-13(12)25-16/h3-9H,2H2,1H3,(H,17,18,20). The molecule has 10 heteroatoms. The molecule has 1 aromatic heterocycles. The maximum absolute atomic E-state index is 12.5. The van der Waals surface area contributed by atoms with Gasteiger partial charge in [0.25, 0.3) is 11.6 Å². The average Bonchev–Trinajstić information content (AvgIpc) is 3.02. The lowest BCUT2D eigenvalue weighted by Crippen LogP contribution is -2.17. The van der Waals surface area contributed by atoms with E-state index >= 15 is 0 Å². The van der Waals surface area contributed by atoms with Gasteiger partial charge in [-0.3, -0.25) is 20.2 Å². The summed E-state index contributed by atoms with van der Waals surface area (Å²) in [7, 11) is -3.56. The van der Waals surface area contributed by atoms with Crippen LogP contribution < -0.4 is 5.32 Å². The Hall–Kier alpha value is -2.85. The van der Waals surface area contributed by atoms with Crippen molar-refractivity contribution in [1.82, 2.24) is 4.98 Å². The monoisotopic (exact) mass is 391 g/mol. The zero-order chi connectivity index (χ0) is 18.9. The fourth-order valence-corrected chi connectivity index (χ4v) is 4.26. The van der Waals surface area contributed by atoms with Gasteiger partial charge in [-0.2, -0.15) is 0 Å². The minimum Gasteiger partial charge on any atom is -0.298 e. The summed E-state index contributed by atoms with van der Waals surface area (Å²) in [4.78, 5) is 27.0. The lowest BCUT2D eigenvalue weighted by molar-refractivity contribution is -0.384. The Labute approximate surface area is 152 Å². The van der Waals surface area contributed by atoms with Crippen molar-refractivity contribution in [3.63, 3.8) is 0 Å². The molecule has 0 aliphatic rings. The Morgan fingerprint density at radius 2 is 2.00 bits per heavy atom. The fraction of sp³-hybridized carbons (Fsp3) is 0.125. The maximum Gasteiger partial charge on any atom is 0.271 e. The minimum absolute atomic E-state index is 0.0274. The van der Waals surface area contributed by atoms with E-state index in [0.29, 0.717) is 10.2 Å². The average molecular weight is 391 g/mol. The molecule has 0 spiro atoms. The van der Waals surface area contributed by atoms with E-state index in [1.807, 2.05) is 0 Å². The molecule has 1 amide bonds. The Balaban J connectivity index is 1.94. The van der Waals surface area contributed by atoms with Crippen molar-refractivity contribution in [3.05, 3.63) is 58.1 Å². The topological polar surface area (TPSA) is 119 Å². The van der Waals surface area contributed by atoms with E-state index in [2.05, 4.69) is 10.3 Å². The van der Waals surface area contributed by atoms with Crippen LogP contribution in [0.4, 0.5) is 10.8 Å². The second-order valence-corrected chi connectivity index (χ2v) is 8.56. The molecule has 0 aliphatic carbocycles. The summed E-state index contributed by atoms with van der Waals surface area (Å²) in [6.45, 7) is 1.50. The van der Waals surface area contributed by atoms with Crippen LogP contribution in [0.25, 0.3) is 10.2 Å². The highest BCUT2D eigenvalue weighted by Gasteiger charge is 2.21. The van der Waals surface area contributed by atoms with Crippen LogP contribution in [0.2, 0.25) is 0 Å². The highest BCUT2D eigenvalue weighted by Crippen LogP contribution is 2.29. The number of amides is 1. The zero-order valence-corrected chi connectivity index (χ0v) is 15.1. The van der Waals surface area contributed by atoms with Gasteiger partial charge in [0.05, 0.1) is 31.4 Å². The number of hydrogen-bond donors (Lipinski definition) is 1. The van der Waals surface area contributed by atoms with Crippen LogP contribution in [0.3, 0.4) is 0 Å². The number of carbonyl (C=O) groups is 1. The molecule has 0 radical (unpaired) electrons.